The smallest absolute Gasteiger partial charge is 0.00106 e. The molecule has 0 aromatic rings. The molecule has 0 bridgehead atoms. The zero-order valence-corrected chi connectivity index (χ0v) is 13.1. The van der Waals surface area contributed by atoms with Crippen LogP contribution in [0.5, 0.6) is 0 Å². The monoisotopic (exact) mass is 253 g/mol. The number of hydrogen-bond acceptors (Lipinski definition) is 1. The fraction of sp³-hybridized carbons (Fsp3) is 1.00. The van der Waals surface area contributed by atoms with E-state index >= 15 is 0 Å². The maximum atomic E-state index is 3.71. The van der Waals surface area contributed by atoms with Crippen LogP contribution in [0.4, 0.5) is 0 Å². The molecule has 0 saturated heterocycles. The van der Waals surface area contributed by atoms with E-state index in [1.165, 1.54) is 77.2 Å². The van der Waals surface area contributed by atoms with Gasteiger partial charge in [-0.05, 0) is 24.7 Å². The number of rotatable bonds is 9. The van der Waals surface area contributed by atoms with E-state index in [1.54, 1.807) is 0 Å². The molecule has 1 saturated carbocycles. The SMILES string of the molecule is CCCCCCCC1(CNC(C)C)CCCCC1. The lowest BCUT2D eigenvalue weighted by Crippen LogP contribution is -2.39. The van der Waals surface area contributed by atoms with Crippen LogP contribution >= 0.6 is 0 Å². The van der Waals surface area contributed by atoms with E-state index < -0.39 is 0 Å². The van der Waals surface area contributed by atoms with E-state index in [0.717, 1.165) is 0 Å². The summed E-state index contributed by atoms with van der Waals surface area (Å²) in [5.41, 5.74) is 0.648. The summed E-state index contributed by atoms with van der Waals surface area (Å²) < 4.78 is 0. The lowest BCUT2D eigenvalue weighted by Gasteiger charge is -2.38. The Morgan fingerprint density at radius 2 is 1.61 bits per heavy atom. The Kier molecular flexibility index (Phi) is 7.97. The number of nitrogens with one attached hydrogen (secondary N) is 1. The predicted molar refractivity (Wildman–Crippen MR) is 82.0 cm³/mol. The van der Waals surface area contributed by atoms with E-state index in [9.17, 15) is 0 Å². The largest absolute Gasteiger partial charge is 0.314 e. The van der Waals surface area contributed by atoms with Crippen molar-refractivity contribution in [2.45, 2.75) is 97.4 Å². The average molecular weight is 253 g/mol. The van der Waals surface area contributed by atoms with Crippen LogP contribution in [-0.2, 0) is 0 Å². The Balaban J connectivity index is 2.29. The molecular weight excluding hydrogens is 218 g/mol. The average Bonchev–Trinajstić information content (AvgIpc) is 2.38. The Morgan fingerprint density at radius 3 is 2.22 bits per heavy atom. The molecule has 1 N–H and O–H groups in total. The first kappa shape index (κ1) is 16.0. The predicted octanol–water partition coefficient (Wildman–Crippen LogP) is 5.30. The molecule has 1 rings (SSSR count). The van der Waals surface area contributed by atoms with Crippen molar-refractivity contribution in [1.82, 2.24) is 5.32 Å². The highest BCUT2D eigenvalue weighted by atomic mass is 14.9. The molecule has 0 aliphatic heterocycles. The summed E-state index contributed by atoms with van der Waals surface area (Å²) in [5, 5.41) is 3.71. The van der Waals surface area contributed by atoms with Crippen LogP contribution in [0.1, 0.15) is 91.4 Å². The van der Waals surface area contributed by atoms with Crippen molar-refractivity contribution in [2.24, 2.45) is 5.41 Å². The van der Waals surface area contributed by atoms with Gasteiger partial charge in [0.1, 0.15) is 0 Å². The fourth-order valence-corrected chi connectivity index (χ4v) is 3.34. The van der Waals surface area contributed by atoms with Gasteiger partial charge in [0.05, 0.1) is 0 Å². The molecule has 0 radical (unpaired) electrons. The standard InChI is InChI=1S/C17H35N/c1-4-5-6-7-9-12-17(15-18-16(2)3)13-10-8-11-14-17/h16,18H,4-15H2,1-3H3. The quantitative estimate of drug-likeness (QED) is 0.550. The minimum Gasteiger partial charge on any atom is -0.314 e. The topological polar surface area (TPSA) is 12.0 Å². The number of unbranched alkanes of at least 4 members (excludes halogenated alkanes) is 4. The summed E-state index contributed by atoms with van der Waals surface area (Å²) >= 11 is 0. The molecule has 0 spiro atoms. The minimum absolute atomic E-state index is 0.642. The van der Waals surface area contributed by atoms with Gasteiger partial charge in [0.15, 0.2) is 0 Å². The second-order valence-corrected chi connectivity index (χ2v) is 6.76. The molecule has 0 aromatic carbocycles. The van der Waals surface area contributed by atoms with Crippen LogP contribution in [0.2, 0.25) is 0 Å². The normalized spacial score (nSPS) is 19.3. The van der Waals surface area contributed by atoms with E-state index in [1.807, 2.05) is 0 Å². The zero-order valence-electron chi connectivity index (χ0n) is 13.1. The molecule has 1 aliphatic rings. The molecule has 0 amide bonds. The molecule has 1 aliphatic carbocycles. The van der Waals surface area contributed by atoms with Gasteiger partial charge >= 0.3 is 0 Å². The van der Waals surface area contributed by atoms with Crippen LogP contribution in [0.15, 0.2) is 0 Å². The number of hydrogen-bond donors (Lipinski definition) is 1. The molecule has 0 unspecified atom stereocenters. The second-order valence-electron chi connectivity index (χ2n) is 6.76. The summed E-state index contributed by atoms with van der Waals surface area (Å²) in [6, 6.07) is 0.642. The second kappa shape index (κ2) is 8.96. The Labute approximate surface area is 115 Å². The molecule has 0 heterocycles. The van der Waals surface area contributed by atoms with E-state index in [0.29, 0.717) is 11.5 Å². The van der Waals surface area contributed by atoms with Crippen LogP contribution in [0, 0.1) is 5.41 Å². The Hall–Kier alpha value is -0.0400. The lowest BCUT2D eigenvalue weighted by atomic mass is 9.70. The maximum absolute atomic E-state index is 3.71. The Morgan fingerprint density at radius 1 is 0.944 bits per heavy atom. The molecule has 1 fully saturated rings. The summed E-state index contributed by atoms with van der Waals surface area (Å²) in [5.74, 6) is 0. The summed E-state index contributed by atoms with van der Waals surface area (Å²) in [7, 11) is 0. The van der Waals surface area contributed by atoms with Gasteiger partial charge in [-0.1, -0.05) is 72.1 Å². The van der Waals surface area contributed by atoms with Crippen LogP contribution in [0.25, 0.3) is 0 Å². The third-order valence-corrected chi connectivity index (χ3v) is 4.61. The van der Waals surface area contributed by atoms with Crippen molar-refractivity contribution >= 4 is 0 Å². The third-order valence-electron chi connectivity index (χ3n) is 4.61. The van der Waals surface area contributed by atoms with Crippen molar-refractivity contribution in [3.8, 4) is 0 Å². The first-order valence-electron chi connectivity index (χ1n) is 8.42. The van der Waals surface area contributed by atoms with Gasteiger partial charge in [-0.2, -0.15) is 0 Å². The van der Waals surface area contributed by atoms with Gasteiger partial charge in [0.2, 0.25) is 0 Å². The zero-order chi connectivity index (χ0) is 13.3. The van der Waals surface area contributed by atoms with E-state index in [4.69, 9.17) is 0 Å². The maximum Gasteiger partial charge on any atom is 0.00106 e. The van der Waals surface area contributed by atoms with Gasteiger partial charge < -0.3 is 5.32 Å². The Bertz CT molecular complexity index is 192. The van der Waals surface area contributed by atoms with Crippen LogP contribution in [0.3, 0.4) is 0 Å². The molecule has 1 nitrogen and oxygen atoms in total. The highest BCUT2D eigenvalue weighted by Crippen LogP contribution is 2.40. The van der Waals surface area contributed by atoms with Crippen molar-refractivity contribution in [3.63, 3.8) is 0 Å². The van der Waals surface area contributed by atoms with Gasteiger partial charge in [0.25, 0.3) is 0 Å². The molecule has 18 heavy (non-hydrogen) atoms. The highest BCUT2D eigenvalue weighted by Gasteiger charge is 2.31. The van der Waals surface area contributed by atoms with Gasteiger partial charge in [-0.3, -0.25) is 0 Å². The summed E-state index contributed by atoms with van der Waals surface area (Å²) in [4.78, 5) is 0. The van der Waals surface area contributed by atoms with Crippen LogP contribution in [-0.4, -0.2) is 12.6 Å². The van der Waals surface area contributed by atoms with Crippen molar-refractivity contribution < 1.29 is 0 Å². The molecular formula is C17H35N. The molecule has 0 aromatic heterocycles. The molecule has 0 atom stereocenters. The van der Waals surface area contributed by atoms with Gasteiger partial charge in [0, 0.05) is 12.6 Å². The van der Waals surface area contributed by atoms with Crippen LogP contribution < -0.4 is 5.32 Å². The molecule has 108 valence electrons. The minimum atomic E-state index is 0.642. The van der Waals surface area contributed by atoms with Gasteiger partial charge in [-0.15, -0.1) is 0 Å². The first-order valence-corrected chi connectivity index (χ1v) is 8.42. The summed E-state index contributed by atoms with van der Waals surface area (Å²) in [6.45, 7) is 8.11. The third kappa shape index (κ3) is 6.22. The molecule has 1 heteroatoms. The first-order chi connectivity index (χ1) is 8.68. The fourth-order valence-electron chi connectivity index (χ4n) is 3.34. The van der Waals surface area contributed by atoms with Crippen molar-refractivity contribution in [2.75, 3.05) is 6.54 Å². The lowest BCUT2D eigenvalue weighted by molar-refractivity contribution is 0.157. The highest BCUT2D eigenvalue weighted by molar-refractivity contribution is 4.85. The summed E-state index contributed by atoms with van der Waals surface area (Å²) in [6.07, 6.45) is 16.0. The van der Waals surface area contributed by atoms with Crippen molar-refractivity contribution in [3.05, 3.63) is 0 Å². The van der Waals surface area contributed by atoms with E-state index in [2.05, 4.69) is 26.1 Å². The van der Waals surface area contributed by atoms with Crippen molar-refractivity contribution in [1.29, 1.82) is 0 Å². The van der Waals surface area contributed by atoms with E-state index in [-0.39, 0.29) is 0 Å². The van der Waals surface area contributed by atoms with Gasteiger partial charge in [-0.25, -0.2) is 0 Å².